The number of carbonyl (C=O) groups is 1. The second kappa shape index (κ2) is 5.28. The molecule has 2 N–H and O–H groups in total. The summed E-state index contributed by atoms with van der Waals surface area (Å²) >= 11 is 2.16. The van der Waals surface area contributed by atoms with Gasteiger partial charge in [0, 0.05) is 28.7 Å². The summed E-state index contributed by atoms with van der Waals surface area (Å²) in [5.41, 5.74) is 0.421. The Balaban J connectivity index is 1.81. The summed E-state index contributed by atoms with van der Waals surface area (Å²) in [5.74, 6) is 0.0261. The highest BCUT2D eigenvalue weighted by molar-refractivity contribution is 14.1. The molecule has 0 aliphatic carbocycles. The predicted molar refractivity (Wildman–Crippen MR) is 81.3 cm³/mol. The van der Waals surface area contributed by atoms with E-state index in [0.29, 0.717) is 17.6 Å². The van der Waals surface area contributed by atoms with Crippen molar-refractivity contribution in [2.75, 3.05) is 13.1 Å². The van der Waals surface area contributed by atoms with Gasteiger partial charge >= 0.3 is 0 Å². The van der Waals surface area contributed by atoms with Gasteiger partial charge in [-0.05, 0) is 60.1 Å². The van der Waals surface area contributed by atoms with Crippen molar-refractivity contribution >= 4 is 28.5 Å². The van der Waals surface area contributed by atoms with Crippen LogP contribution >= 0.6 is 22.6 Å². The smallest absolute Gasteiger partial charge is 0.257 e. The van der Waals surface area contributed by atoms with E-state index >= 15 is 0 Å². The van der Waals surface area contributed by atoms with Gasteiger partial charge in [-0.1, -0.05) is 0 Å². The van der Waals surface area contributed by atoms with Gasteiger partial charge < -0.3 is 15.3 Å². The minimum absolute atomic E-state index is 0.0506. The molecule has 4 nitrogen and oxygen atoms in total. The van der Waals surface area contributed by atoms with Crippen LogP contribution in [0.15, 0.2) is 18.2 Å². The van der Waals surface area contributed by atoms with Crippen molar-refractivity contribution < 1.29 is 9.90 Å². The first-order valence-corrected chi connectivity index (χ1v) is 7.75. The fourth-order valence-electron chi connectivity index (χ4n) is 2.98. The molecule has 0 spiro atoms. The first kappa shape index (κ1) is 13.2. The molecule has 2 saturated heterocycles. The molecule has 2 aliphatic heterocycles. The number of rotatable bonds is 1. The monoisotopic (exact) mass is 372 g/mol. The maximum Gasteiger partial charge on any atom is 0.257 e. The number of benzene rings is 1. The molecule has 2 fully saturated rings. The summed E-state index contributed by atoms with van der Waals surface area (Å²) in [7, 11) is 0. The maximum atomic E-state index is 12.5. The van der Waals surface area contributed by atoms with E-state index in [1.807, 2.05) is 4.90 Å². The average Bonchev–Trinajstić information content (AvgIpc) is 2.71. The third-order valence-corrected chi connectivity index (χ3v) is 4.67. The Hall–Kier alpha value is -0.820. The molecule has 5 heteroatoms. The molecule has 2 bridgehead atoms. The van der Waals surface area contributed by atoms with Crippen LogP contribution in [0.4, 0.5) is 0 Å². The van der Waals surface area contributed by atoms with Gasteiger partial charge in [-0.15, -0.1) is 0 Å². The van der Waals surface area contributed by atoms with Gasteiger partial charge in [-0.25, -0.2) is 0 Å². The fourth-order valence-corrected chi connectivity index (χ4v) is 3.47. The van der Waals surface area contributed by atoms with E-state index in [-0.39, 0.29) is 11.7 Å². The summed E-state index contributed by atoms with van der Waals surface area (Å²) in [4.78, 5) is 14.4. The van der Waals surface area contributed by atoms with Crippen LogP contribution in [0.3, 0.4) is 0 Å². The Bertz CT molecular complexity index is 506. The number of nitrogens with zero attached hydrogens (tertiary/aromatic N) is 1. The molecule has 0 aromatic heterocycles. The van der Waals surface area contributed by atoms with Gasteiger partial charge in [-0.3, -0.25) is 4.79 Å². The molecule has 1 aromatic carbocycles. The number of amides is 1. The Morgan fingerprint density at radius 2 is 2.11 bits per heavy atom. The Kier molecular flexibility index (Phi) is 3.66. The molecule has 102 valence electrons. The Morgan fingerprint density at radius 3 is 2.95 bits per heavy atom. The fraction of sp³-hybridized carbons (Fsp3) is 0.500. The molecule has 1 aromatic rings. The minimum atomic E-state index is -0.0506. The predicted octanol–water partition coefficient (Wildman–Crippen LogP) is 1.96. The molecule has 0 radical (unpaired) electrons. The number of fused-ring (bicyclic) bond motifs is 2. The second-order valence-corrected chi connectivity index (χ2v) is 6.58. The zero-order valence-electron chi connectivity index (χ0n) is 10.6. The highest BCUT2D eigenvalue weighted by Gasteiger charge is 2.32. The normalized spacial score (nSPS) is 26.3. The zero-order valence-corrected chi connectivity index (χ0v) is 12.8. The third kappa shape index (κ3) is 2.72. The van der Waals surface area contributed by atoms with Crippen LogP contribution in [-0.4, -0.2) is 41.1 Å². The van der Waals surface area contributed by atoms with Crippen molar-refractivity contribution in [2.24, 2.45) is 0 Å². The topological polar surface area (TPSA) is 52.6 Å². The lowest BCUT2D eigenvalue weighted by molar-refractivity contribution is 0.0745. The Labute approximate surface area is 126 Å². The average molecular weight is 372 g/mol. The number of likely N-dealkylation sites (tertiary alicyclic amines) is 1. The first-order valence-electron chi connectivity index (χ1n) is 6.67. The van der Waals surface area contributed by atoms with Crippen LogP contribution in [0.5, 0.6) is 5.75 Å². The summed E-state index contributed by atoms with van der Waals surface area (Å²) < 4.78 is 0.966. The molecule has 0 saturated carbocycles. The lowest BCUT2D eigenvalue weighted by Gasteiger charge is -2.24. The molecule has 2 aliphatic rings. The van der Waals surface area contributed by atoms with Crippen molar-refractivity contribution in [3.63, 3.8) is 0 Å². The van der Waals surface area contributed by atoms with Gasteiger partial charge in [0.15, 0.2) is 0 Å². The van der Waals surface area contributed by atoms with Crippen molar-refractivity contribution in [3.8, 4) is 5.75 Å². The number of carbonyl (C=O) groups excluding carboxylic acids is 1. The second-order valence-electron chi connectivity index (χ2n) is 5.34. The number of hydrogen-bond acceptors (Lipinski definition) is 3. The van der Waals surface area contributed by atoms with Gasteiger partial charge in [0.25, 0.3) is 5.91 Å². The molecule has 19 heavy (non-hydrogen) atoms. The quantitative estimate of drug-likeness (QED) is 0.742. The van der Waals surface area contributed by atoms with E-state index in [1.54, 1.807) is 18.2 Å². The lowest BCUT2D eigenvalue weighted by atomic mass is 10.1. The molecule has 2 unspecified atom stereocenters. The standard InChI is InChI=1S/C14H17IN2O2/c15-9-1-4-13(18)12(7-9)14(19)17-6-5-10-2-3-11(8-17)16-10/h1,4,7,10-11,16,18H,2-3,5-6,8H2. The van der Waals surface area contributed by atoms with Crippen molar-refractivity contribution in [1.82, 2.24) is 10.2 Å². The highest BCUT2D eigenvalue weighted by Crippen LogP contribution is 2.25. The van der Waals surface area contributed by atoms with E-state index in [4.69, 9.17) is 0 Å². The van der Waals surface area contributed by atoms with Gasteiger partial charge in [0.2, 0.25) is 0 Å². The van der Waals surface area contributed by atoms with Crippen LogP contribution in [0.2, 0.25) is 0 Å². The maximum absolute atomic E-state index is 12.5. The van der Waals surface area contributed by atoms with Crippen LogP contribution < -0.4 is 5.32 Å². The van der Waals surface area contributed by atoms with E-state index in [9.17, 15) is 9.90 Å². The van der Waals surface area contributed by atoms with Crippen molar-refractivity contribution in [3.05, 3.63) is 27.3 Å². The van der Waals surface area contributed by atoms with Crippen molar-refractivity contribution in [2.45, 2.75) is 31.3 Å². The minimum Gasteiger partial charge on any atom is -0.507 e. The van der Waals surface area contributed by atoms with E-state index in [2.05, 4.69) is 27.9 Å². The largest absolute Gasteiger partial charge is 0.507 e. The van der Waals surface area contributed by atoms with Gasteiger partial charge in [-0.2, -0.15) is 0 Å². The number of aromatic hydroxyl groups is 1. The van der Waals surface area contributed by atoms with Crippen LogP contribution in [-0.2, 0) is 0 Å². The van der Waals surface area contributed by atoms with E-state index < -0.39 is 0 Å². The number of phenols is 1. The van der Waals surface area contributed by atoms with Gasteiger partial charge in [0.1, 0.15) is 5.75 Å². The highest BCUT2D eigenvalue weighted by atomic mass is 127. The van der Waals surface area contributed by atoms with E-state index in [1.165, 1.54) is 6.42 Å². The number of phenolic OH excluding ortho intramolecular Hbond substituents is 1. The summed E-state index contributed by atoms with van der Waals surface area (Å²) in [6, 6.07) is 6.14. The first-order chi connectivity index (χ1) is 9.13. The molecular weight excluding hydrogens is 355 g/mol. The molecule has 2 atom stereocenters. The number of halogens is 1. The summed E-state index contributed by atoms with van der Waals surface area (Å²) in [5, 5.41) is 13.4. The van der Waals surface area contributed by atoms with Crippen molar-refractivity contribution in [1.29, 1.82) is 0 Å². The number of nitrogens with one attached hydrogen (secondary N) is 1. The van der Waals surface area contributed by atoms with Crippen LogP contribution in [0, 0.1) is 3.57 Å². The molecule has 2 heterocycles. The SMILES string of the molecule is O=C(c1cc(I)ccc1O)N1CCC2CCC(C1)N2. The van der Waals surface area contributed by atoms with Gasteiger partial charge in [0.05, 0.1) is 5.56 Å². The summed E-state index contributed by atoms with van der Waals surface area (Å²) in [6.07, 6.45) is 3.38. The summed E-state index contributed by atoms with van der Waals surface area (Å²) in [6.45, 7) is 1.53. The Morgan fingerprint density at radius 1 is 1.32 bits per heavy atom. The number of hydrogen-bond donors (Lipinski definition) is 2. The third-order valence-electron chi connectivity index (χ3n) is 4.00. The zero-order chi connectivity index (χ0) is 13.4. The molecule has 1 amide bonds. The lowest BCUT2D eigenvalue weighted by Crippen LogP contribution is -2.39. The van der Waals surface area contributed by atoms with E-state index in [0.717, 1.165) is 29.5 Å². The van der Waals surface area contributed by atoms with Crippen LogP contribution in [0.1, 0.15) is 29.6 Å². The molecular formula is C14H17IN2O2. The van der Waals surface area contributed by atoms with Crippen LogP contribution in [0.25, 0.3) is 0 Å². The molecule has 3 rings (SSSR count).